The van der Waals surface area contributed by atoms with Gasteiger partial charge in [-0.25, -0.2) is 0 Å². The van der Waals surface area contributed by atoms with Crippen LogP contribution in [-0.4, -0.2) is 36.3 Å². The first kappa shape index (κ1) is 13.3. The van der Waals surface area contributed by atoms with E-state index in [2.05, 4.69) is 11.6 Å². The SMILES string of the molecule is CCC(O)CNCCCCCSC. The lowest BCUT2D eigenvalue weighted by Crippen LogP contribution is -2.26. The second-order valence-electron chi connectivity index (χ2n) is 3.32. The van der Waals surface area contributed by atoms with Gasteiger partial charge in [0.2, 0.25) is 0 Å². The zero-order chi connectivity index (χ0) is 9.94. The summed E-state index contributed by atoms with van der Waals surface area (Å²) in [5.74, 6) is 1.28. The second kappa shape index (κ2) is 10.4. The summed E-state index contributed by atoms with van der Waals surface area (Å²) in [5.41, 5.74) is 0. The molecule has 0 aliphatic carbocycles. The summed E-state index contributed by atoms with van der Waals surface area (Å²) in [5, 5.41) is 12.5. The number of unbranched alkanes of at least 4 members (excludes halogenated alkanes) is 2. The lowest BCUT2D eigenvalue weighted by atomic mass is 10.2. The van der Waals surface area contributed by atoms with E-state index < -0.39 is 0 Å². The molecule has 1 atom stereocenters. The van der Waals surface area contributed by atoms with Gasteiger partial charge in [-0.1, -0.05) is 13.3 Å². The molecule has 0 bridgehead atoms. The molecule has 0 amide bonds. The molecule has 0 saturated carbocycles. The highest BCUT2D eigenvalue weighted by Gasteiger charge is 1.97. The van der Waals surface area contributed by atoms with Crippen LogP contribution in [0.15, 0.2) is 0 Å². The molecular weight excluding hydrogens is 182 g/mol. The van der Waals surface area contributed by atoms with Gasteiger partial charge in [0.25, 0.3) is 0 Å². The molecule has 0 saturated heterocycles. The van der Waals surface area contributed by atoms with Crippen molar-refractivity contribution in [2.24, 2.45) is 0 Å². The van der Waals surface area contributed by atoms with Crippen molar-refractivity contribution in [3.63, 3.8) is 0 Å². The molecule has 2 N–H and O–H groups in total. The van der Waals surface area contributed by atoms with Gasteiger partial charge < -0.3 is 10.4 Å². The van der Waals surface area contributed by atoms with Gasteiger partial charge in [-0.3, -0.25) is 0 Å². The monoisotopic (exact) mass is 205 g/mol. The minimum atomic E-state index is -0.161. The standard InChI is InChI=1S/C10H23NOS/c1-3-10(12)9-11-7-5-4-6-8-13-2/h10-12H,3-9H2,1-2H3. The van der Waals surface area contributed by atoms with Crippen molar-refractivity contribution in [3.05, 3.63) is 0 Å². The molecule has 0 spiro atoms. The van der Waals surface area contributed by atoms with Crippen molar-refractivity contribution in [2.75, 3.05) is 25.1 Å². The Hall–Kier alpha value is 0.270. The van der Waals surface area contributed by atoms with E-state index in [1.807, 2.05) is 18.7 Å². The van der Waals surface area contributed by atoms with E-state index in [0.717, 1.165) is 19.5 Å². The summed E-state index contributed by atoms with van der Waals surface area (Å²) in [7, 11) is 0. The molecule has 1 unspecified atom stereocenters. The smallest absolute Gasteiger partial charge is 0.0662 e. The van der Waals surface area contributed by atoms with Crippen molar-refractivity contribution in [1.29, 1.82) is 0 Å². The van der Waals surface area contributed by atoms with Crippen molar-refractivity contribution >= 4 is 11.8 Å². The number of hydrogen-bond acceptors (Lipinski definition) is 3. The van der Waals surface area contributed by atoms with Crippen LogP contribution >= 0.6 is 11.8 Å². The number of aliphatic hydroxyl groups excluding tert-OH is 1. The van der Waals surface area contributed by atoms with Crippen LogP contribution in [0.2, 0.25) is 0 Å². The number of rotatable bonds is 9. The van der Waals surface area contributed by atoms with Gasteiger partial charge in [0, 0.05) is 6.54 Å². The Labute approximate surface area is 86.5 Å². The summed E-state index contributed by atoms with van der Waals surface area (Å²) >= 11 is 1.91. The van der Waals surface area contributed by atoms with Crippen molar-refractivity contribution in [3.8, 4) is 0 Å². The van der Waals surface area contributed by atoms with Gasteiger partial charge >= 0.3 is 0 Å². The van der Waals surface area contributed by atoms with Crippen LogP contribution in [-0.2, 0) is 0 Å². The minimum Gasteiger partial charge on any atom is -0.392 e. The Morgan fingerprint density at radius 3 is 2.69 bits per heavy atom. The fourth-order valence-electron chi connectivity index (χ4n) is 1.09. The zero-order valence-electron chi connectivity index (χ0n) is 8.88. The predicted molar refractivity (Wildman–Crippen MR) is 61.4 cm³/mol. The van der Waals surface area contributed by atoms with Gasteiger partial charge in [-0.05, 0) is 37.8 Å². The van der Waals surface area contributed by atoms with Crippen LogP contribution in [0.4, 0.5) is 0 Å². The average molecular weight is 205 g/mol. The highest BCUT2D eigenvalue weighted by molar-refractivity contribution is 7.98. The van der Waals surface area contributed by atoms with E-state index in [1.165, 1.54) is 25.0 Å². The van der Waals surface area contributed by atoms with E-state index in [9.17, 15) is 5.11 Å². The van der Waals surface area contributed by atoms with Crippen LogP contribution < -0.4 is 5.32 Å². The van der Waals surface area contributed by atoms with Crippen molar-refractivity contribution in [2.45, 2.75) is 38.7 Å². The van der Waals surface area contributed by atoms with Gasteiger partial charge in [0.1, 0.15) is 0 Å². The van der Waals surface area contributed by atoms with E-state index in [-0.39, 0.29) is 6.10 Å². The Morgan fingerprint density at radius 2 is 2.08 bits per heavy atom. The van der Waals surface area contributed by atoms with E-state index >= 15 is 0 Å². The molecular formula is C10H23NOS. The summed E-state index contributed by atoms with van der Waals surface area (Å²) in [6, 6.07) is 0. The normalized spacial score (nSPS) is 13.2. The lowest BCUT2D eigenvalue weighted by Gasteiger charge is -2.08. The van der Waals surface area contributed by atoms with Crippen LogP contribution in [0, 0.1) is 0 Å². The molecule has 0 radical (unpaired) electrons. The summed E-state index contributed by atoms with van der Waals surface area (Å²) in [4.78, 5) is 0. The zero-order valence-corrected chi connectivity index (χ0v) is 9.70. The average Bonchev–Trinajstić information content (AvgIpc) is 2.16. The molecule has 80 valence electrons. The Balaban J connectivity index is 2.91. The molecule has 0 fully saturated rings. The first-order valence-corrected chi connectivity index (χ1v) is 6.58. The highest BCUT2D eigenvalue weighted by atomic mass is 32.2. The van der Waals surface area contributed by atoms with E-state index in [4.69, 9.17) is 0 Å². The Bertz CT molecular complexity index is 101. The van der Waals surface area contributed by atoms with Gasteiger partial charge in [-0.15, -0.1) is 0 Å². The molecule has 0 aromatic rings. The van der Waals surface area contributed by atoms with Gasteiger partial charge in [0.05, 0.1) is 6.10 Å². The van der Waals surface area contributed by atoms with Gasteiger partial charge in [-0.2, -0.15) is 11.8 Å². The summed E-state index contributed by atoms with van der Waals surface area (Å²) in [6.45, 7) is 3.80. The van der Waals surface area contributed by atoms with Crippen molar-refractivity contribution in [1.82, 2.24) is 5.32 Å². The summed E-state index contributed by atoms with van der Waals surface area (Å²) < 4.78 is 0. The lowest BCUT2D eigenvalue weighted by molar-refractivity contribution is 0.167. The Kier molecular flexibility index (Phi) is 10.6. The van der Waals surface area contributed by atoms with Crippen LogP contribution in [0.5, 0.6) is 0 Å². The Morgan fingerprint density at radius 1 is 1.31 bits per heavy atom. The molecule has 3 heteroatoms. The second-order valence-corrected chi connectivity index (χ2v) is 4.31. The molecule has 0 aliphatic heterocycles. The van der Waals surface area contributed by atoms with Crippen LogP contribution in [0.1, 0.15) is 32.6 Å². The maximum atomic E-state index is 9.23. The fraction of sp³-hybridized carbons (Fsp3) is 1.00. The van der Waals surface area contributed by atoms with Crippen LogP contribution in [0.25, 0.3) is 0 Å². The third-order valence-electron chi connectivity index (χ3n) is 2.05. The number of hydrogen-bond donors (Lipinski definition) is 2. The fourth-order valence-corrected chi connectivity index (χ4v) is 1.58. The molecule has 13 heavy (non-hydrogen) atoms. The number of aliphatic hydroxyl groups is 1. The largest absolute Gasteiger partial charge is 0.392 e. The highest BCUT2D eigenvalue weighted by Crippen LogP contribution is 2.01. The van der Waals surface area contributed by atoms with Crippen molar-refractivity contribution < 1.29 is 5.11 Å². The third kappa shape index (κ3) is 10.2. The predicted octanol–water partition coefficient (Wildman–Crippen LogP) is 1.88. The summed E-state index contributed by atoms with van der Waals surface area (Å²) in [6.07, 6.45) is 6.69. The third-order valence-corrected chi connectivity index (χ3v) is 2.75. The molecule has 0 aromatic heterocycles. The van der Waals surface area contributed by atoms with Crippen LogP contribution in [0.3, 0.4) is 0 Å². The quantitative estimate of drug-likeness (QED) is 0.564. The molecule has 0 rings (SSSR count). The first-order chi connectivity index (χ1) is 6.31. The maximum absolute atomic E-state index is 9.23. The van der Waals surface area contributed by atoms with E-state index in [0.29, 0.717) is 0 Å². The van der Waals surface area contributed by atoms with E-state index in [1.54, 1.807) is 0 Å². The first-order valence-electron chi connectivity index (χ1n) is 5.19. The van der Waals surface area contributed by atoms with Gasteiger partial charge in [0.15, 0.2) is 0 Å². The molecule has 0 heterocycles. The molecule has 2 nitrogen and oxygen atoms in total. The molecule has 0 aliphatic rings. The molecule has 0 aromatic carbocycles. The topological polar surface area (TPSA) is 32.3 Å². The maximum Gasteiger partial charge on any atom is 0.0662 e. The number of thioether (sulfide) groups is 1. The number of nitrogens with one attached hydrogen (secondary N) is 1. The minimum absolute atomic E-state index is 0.161.